The van der Waals surface area contributed by atoms with Gasteiger partial charge in [0.15, 0.2) is 5.82 Å². The molecule has 0 aliphatic carbocycles. The summed E-state index contributed by atoms with van der Waals surface area (Å²) in [6.07, 6.45) is 1.53. The van der Waals surface area contributed by atoms with Gasteiger partial charge in [0.05, 0.1) is 17.8 Å². The molecule has 30 heavy (non-hydrogen) atoms. The third-order valence-electron chi connectivity index (χ3n) is 4.20. The summed E-state index contributed by atoms with van der Waals surface area (Å²) in [5.41, 5.74) is 3.34. The van der Waals surface area contributed by atoms with E-state index in [2.05, 4.69) is 31.9 Å². The number of nitriles is 1. The molecule has 2 N–H and O–H groups in total. The minimum Gasteiger partial charge on any atom is -0.489 e. The molecule has 0 fully saturated rings. The van der Waals surface area contributed by atoms with Gasteiger partial charge in [-0.1, -0.05) is 30.3 Å². The van der Waals surface area contributed by atoms with Crippen molar-refractivity contribution in [3.63, 3.8) is 0 Å². The Bertz CT molecular complexity index is 1140. The van der Waals surface area contributed by atoms with Crippen LogP contribution in [0, 0.1) is 11.3 Å². The van der Waals surface area contributed by atoms with E-state index < -0.39 is 0 Å². The van der Waals surface area contributed by atoms with Crippen molar-refractivity contribution in [1.82, 2.24) is 15.2 Å². The molecule has 0 amide bonds. The highest BCUT2D eigenvalue weighted by Crippen LogP contribution is 2.20. The number of anilines is 4. The Morgan fingerprint density at radius 2 is 1.53 bits per heavy atom. The Kier molecular flexibility index (Phi) is 5.78. The summed E-state index contributed by atoms with van der Waals surface area (Å²) in [6, 6.07) is 26.7. The lowest BCUT2D eigenvalue weighted by atomic mass is 10.2. The van der Waals surface area contributed by atoms with Gasteiger partial charge in [-0.3, -0.25) is 0 Å². The molecule has 7 heteroatoms. The Morgan fingerprint density at radius 1 is 0.833 bits per heavy atom. The second-order valence-electron chi connectivity index (χ2n) is 6.40. The number of nitrogens with one attached hydrogen (secondary N) is 2. The maximum atomic E-state index is 8.88. The van der Waals surface area contributed by atoms with Crippen LogP contribution in [0.4, 0.5) is 23.1 Å². The van der Waals surface area contributed by atoms with Crippen LogP contribution < -0.4 is 15.4 Å². The number of hydrogen-bond donors (Lipinski definition) is 2. The van der Waals surface area contributed by atoms with Gasteiger partial charge in [0.2, 0.25) is 5.95 Å². The Balaban J connectivity index is 1.36. The van der Waals surface area contributed by atoms with Crippen molar-refractivity contribution in [2.24, 2.45) is 0 Å². The predicted molar refractivity (Wildman–Crippen MR) is 115 cm³/mol. The van der Waals surface area contributed by atoms with Crippen LogP contribution in [0.15, 0.2) is 85.1 Å². The third-order valence-corrected chi connectivity index (χ3v) is 4.20. The van der Waals surface area contributed by atoms with Crippen molar-refractivity contribution in [1.29, 1.82) is 5.26 Å². The lowest BCUT2D eigenvalue weighted by Crippen LogP contribution is -2.02. The van der Waals surface area contributed by atoms with Crippen molar-refractivity contribution in [3.05, 3.63) is 96.2 Å². The molecule has 0 unspecified atom stereocenters. The number of nitrogens with zero attached hydrogens (tertiary/aromatic N) is 4. The molecule has 1 aromatic heterocycles. The Labute approximate surface area is 174 Å². The zero-order valence-electron chi connectivity index (χ0n) is 16.0. The van der Waals surface area contributed by atoms with Crippen LogP contribution in [0.1, 0.15) is 11.1 Å². The fraction of sp³-hybridized carbons (Fsp3) is 0.0435. The topological polar surface area (TPSA) is 95.8 Å². The maximum Gasteiger partial charge on any atom is 0.249 e. The zero-order valence-corrected chi connectivity index (χ0v) is 16.0. The number of benzene rings is 3. The van der Waals surface area contributed by atoms with Gasteiger partial charge in [-0.25, -0.2) is 0 Å². The van der Waals surface area contributed by atoms with Crippen LogP contribution in [0.2, 0.25) is 0 Å². The van der Waals surface area contributed by atoms with Gasteiger partial charge in [-0.2, -0.15) is 15.3 Å². The smallest absolute Gasteiger partial charge is 0.249 e. The van der Waals surface area contributed by atoms with E-state index in [4.69, 9.17) is 10.00 Å². The molecule has 1 heterocycles. The summed E-state index contributed by atoms with van der Waals surface area (Å²) in [5, 5.41) is 23.1. The van der Waals surface area contributed by atoms with E-state index in [1.165, 1.54) is 6.20 Å². The molecule has 4 rings (SSSR count). The molecule has 0 aliphatic rings. The van der Waals surface area contributed by atoms with Crippen LogP contribution in [0.3, 0.4) is 0 Å². The van der Waals surface area contributed by atoms with Crippen LogP contribution in [-0.2, 0) is 6.61 Å². The predicted octanol–water partition coefficient (Wildman–Crippen LogP) is 4.81. The highest BCUT2D eigenvalue weighted by atomic mass is 16.5. The summed E-state index contributed by atoms with van der Waals surface area (Å²) in [7, 11) is 0. The van der Waals surface area contributed by atoms with E-state index in [0.717, 1.165) is 22.7 Å². The first-order valence-electron chi connectivity index (χ1n) is 9.29. The van der Waals surface area contributed by atoms with Crippen molar-refractivity contribution in [2.75, 3.05) is 10.6 Å². The summed E-state index contributed by atoms with van der Waals surface area (Å²) in [5.74, 6) is 1.69. The summed E-state index contributed by atoms with van der Waals surface area (Å²) >= 11 is 0. The van der Waals surface area contributed by atoms with Crippen molar-refractivity contribution < 1.29 is 4.74 Å². The molecule has 0 saturated heterocycles. The largest absolute Gasteiger partial charge is 0.489 e. The molecule has 0 aliphatic heterocycles. The quantitative estimate of drug-likeness (QED) is 0.464. The minimum atomic E-state index is 0.367. The minimum absolute atomic E-state index is 0.367. The Morgan fingerprint density at radius 3 is 2.27 bits per heavy atom. The lowest BCUT2D eigenvalue weighted by molar-refractivity contribution is 0.306. The van der Waals surface area contributed by atoms with E-state index in [1.807, 2.05) is 66.7 Å². The van der Waals surface area contributed by atoms with Gasteiger partial charge in [0, 0.05) is 11.4 Å². The van der Waals surface area contributed by atoms with E-state index in [0.29, 0.717) is 23.9 Å². The SMILES string of the molecule is N#Cc1ccc(Nc2cnnc(Nc3ccc(OCc4ccccc4)cc3)n2)cc1. The average molecular weight is 394 g/mol. The van der Waals surface area contributed by atoms with Gasteiger partial charge in [0.25, 0.3) is 0 Å². The van der Waals surface area contributed by atoms with Gasteiger partial charge >= 0.3 is 0 Å². The standard InChI is InChI=1S/C23H18N6O/c24-14-17-6-8-19(9-7-17)26-22-15-25-29-23(28-22)27-20-10-12-21(13-11-20)30-16-18-4-2-1-3-5-18/h1-13,15H,16H2,(H2,26,27,28,29). The number of ether oxygens (including phenoxy) is 1. The van der Waals surface area contributed by atoms with Crippen LogP contribution in [0.25, 0.3) is 0 Å². The molecule has 0 atom stereocenters. The molecule has 4 aromatic rings. The van der Waals surface area contributed by atoms with Crippen LogP contribution >= 0.6 is 0 Å². The lowest BCUT2D eigenvalue weighted by Gasteiger charge is -2.09. The molecule has 0 bridgehead atoms. The molecule has 0 spiro atoms. The molecular weight excluding hydrogens is 376 g/mol. The van der Waals surface area contributed by atoms with E-state index in [9.17, 15) is 0 Å². The van der Waals surface area contributed by atoms with Crippen molar-refractivity contribution in [3.8, 4) is 11.8 Å². The summed E-state index contributed by atoms with van der Waals surface area (Å²) < 4.78 is 5.80. The molecule has 7 nitrogen and oxygen atoms in total. The van der Waals surface area contributed by atoms with Gasteiger partial charge in [0.1, 0.15) is 12.4 Å². The third kappa shape index (κ3) is 5.09. The fourth-order valence-electron chi connectivity index (χ4n) is 2.70. The first-order valence-corrected chi connectivity index (χ1v) is 9.29. The van der Waals surface area contributed by atoms with E-state index in [-0.39, 0.29) is 0 Å². The average Bonchev–Trinajstić information content (AvgIpc) is 2.80. The summed E-state index contributed by atoms with van der Waals surface area (Å²) in [4.78, 5) is 4.41. The zero-order chi connectivity index (χ0) is 20.6. The van der Waals surface area contributed by atoms with E-state index >= 15 is 0 Å². The number of aromatic nitrogens is 3. The van der Waals surface area contributed by atoms with Gasteiger partial charge in [-0.15, -0.1) is 5.10 Å². The Hall–Kier alpha value is -4.44. The van der Waals surface area contributed by atoms with Crippen molar-refractivity contribution >= 4 is 23.1 Å². The fourth-order valence-corrected chi connectivity index (χ4v) is 2.70. The first-order chi connectivity index (χ1) is 14.8. The van der Waals surface area contributed by atoms with E-state index in [1.54, 1.807) is 12.1 Å². The van der Waals surface area contributed by atoms with Crippen molar-refractivity contribution in [2.45, 2.75) is 6.61 Å². The van der Waals surface area contributed by atoms with Gasteiger partial charge < -0.3 is 15.4 Å². The highest BCUT2D eigenvalue weighted by molar-refractivity contribution is 5.59. The summed E-state index contributed by atoms with van der Waals surface area (Å²) in [6.45, 7) is 0.518. The second-order valence-corrected chi connectivity index (χ2v) is 6.40. The maximum absolute atomic E-state index is 8.88. The highest BCUT2D eigenvalue weighted by Gasteiger charge is 2.03. The molecular formula is C23H18N6O. The normalized spacial score (nSPS) is 10.1. The number of hydrogen-bond acceptors (Lipinski definition) is 7. The van der Waals surface area contributed by atoms with Crippen LogP contribution in [0.5, 0.6) is 5.75 Å². The number of rotatable bonds is 7. The second kappa shape index (κ2) is 9.17. The molecule has 3 aromatic carbocycles. The van der Waals surface area contributed by atoms with Crippen LogP contribution in [-0.4, -0.2) is 15.2 Å². The first kappa shape index (κ1) is 18.9. The van der Waals surface area contributed by atoms with Gasteiger partial charge in [-0.05, 0) is 54.1 Å². The molecule has 0 saturated carbocycles. The molecule has 146 valence electrons. The monoisotopic (exact) mass is 394 g/mol. The molecule has 0 radical (unpaired) electrons.